The first-order valence-corrected chi connectivity index (χ1v) is 10.7. The highest BCUT2D eigenvalue weighted by Gasteiger charge is 2.47. The fraction of sp³-hybridized carbons (Fsp3) is 0.148. The van der Waals surface area contributed by atoms with E-state index in [1.807, 2.05) is 6.07 Å². The molecule has 3 atom stereocenters. The molecule has 2 N–H and O–H groups in total. The zero-order chi connectivity index (χ0) is 24.2. The van der Waals surface area contributed by atoms with E-state index < -0.39 is 41.7 Å². The molecular formula is C27H22FN3O3. The van der Waals surface area contributed by atoms with Crippen LogP contribution < -0.4 is 10.6 Å². The zero-order valence-electron chi connectivity index (χ0n) is 18.4. The van der Waals surface area contributed by atoms with Crippen molar-refractivity contribution in [2.24, 2.45) is 0 Å². The lowest BCUT2D eigenvalue weighted by atomic mass is 9.91. The number of hydrogen-bond acceptors (Lipinski definition) is 3. The molecule has 4 rings (SSSR count). The maximum atomic E-state index is 14.5. The van der Waals surface area contributed by atoms with Crippen molar-refractivity contribution in [3.63, 3.8) is 0 Å². The minimum absolute atomic E-state index is 0.0964. The normalized spacial score (nSPS) is 17.0. The van der Waals surface area contributed by atoms with Crippen molar-refractivity contribution in [2.75, 3.05) is 5.32 Å². The lowest BCUT2D eigenvalue weighted by Gasteiger charge is -2.30. The van der Waals surface area contributed by atoms with Crippen molar-refractivity contribution in [2.45, 2.75) is 24.9 Å². The number of imide groups is 1. The number of carbonyl (C=O) groups is 3. The maximum Gasteiger partial charge on any atom is 0.325 e. The van der Waals surface area contributed by atoms with Gasteiger partial charge in [0.25, 0.3) is 5.91 Å². The second-order valence-electron chi connectivity index (χ2n) is 7.97. The second-order valence-corrected chi connectivity index (χ2v) is 7.97. The summed E-state index contributed by atoms with van der Waals surface area (Å²) in [5, 5.41) is 5.19. The summed E-state index contributed by atoms with van der Waals surface area (Å²) in [7, 11) is 0. The molecule has 0 radical (unpaired) electrons. The molecule has 0 unspecified atom stereocenters. The largest absolute Gasteiger partial charge is 0.325 e. The molecule has 1 heterocycles. The van der Waals surface area contributed by atoms with E-state index in [-0.39, 0.29) is 5.69 Å². The first kappa shape index (κ1) is 22.7. The van der Waals surface area contributed by atoms with E-state index >= 15 is 0 Å². The van der Waals surface area contributed by atoms with E-state index in [1.165, 1.54) is 12.1 Å². The van der Waals surface area contributed by atoms with Crippen molar-refractivity contribution < 1.29 is 18.8 Å². The third-order valence-electron chi connectivity index (χ3n) is 5.84. The van der Waals surface area contributed by atoms with Gasteiger partial charge in [-0.2, -0.15) is 0 Å². The Morgan fingerprint density at radius 1 is 1.06 bits per heavy atom. The first-order valence-electron chi connectivity index (χ1n) is 10.7. The number of nitrogens with zero attached hydrogens (tertiary/aromatic N) is 1. The minimum atomic E-state index is -1.23. The highest BCUT2D eigenvalue weighted by molar-refractivity contribution is 6.10. The predicted molar refractivity (Wildman–Crippen MR) is 126 cm³/mol. The Morgan fingerprint density at radius 3 is 2.32 bits per heavy atom. The van der Waals surface area contributed by atoms with Crippen LogP contribution in [0.2, 0.25) is 0 Å². The Labute approximate surface area is 196 Å². The third-order valence-corrected chi connectivity index (χ3v) is 5.84. The lowest BCUT2D eigenvalue weighted by molar-refractivity contribution is -0.134. The molecule has 0 saturated carbocycles. The highest BCUT2D eigenvalue weighted by Crippen LogP contribution is 2.31. The molecule has 4 amide bonds. The van der Waals surface area contributed by atoms with E-state index in [0.717, 1.165) is 16.5 Å². The summed E-state index contributed by atoms with van der Waals surface area (Å²) >= 11 is 0. The van der Waals surface area contributed by atoms with E-state index in [2.05, 4.69) is 16.6 Å². The zero-order valence-corrected chi connectivity index (χ0v) is 18.4. The van der Waals surface area contributed by atoms with Crippen LogP contribution in [-0.2, 0) is 9.59 Å². The van der Waals surface area contributed by atoms with Crippen LogP contribution in [0.1, 0.15) is 35.6 Å². The Kier molecular flexibility index (Phi) is 6.42. The van der Waals surface area contributed by atoms with Crippen molar-refractivity contribution in [3.8, 4) is 12.3 Å². The molecule has 3 aromatic carbocycles. The maximum absolute atomic E-state index is 14.5. The number of terminal acetylenes is 1. The van der Waals surface area contributed by atoms with E-state index in [1.54, 1.807) is 61.5 Å². The van der Waals surface area contributed by atoms with Crippen LogP contribution in [0, 0.1) is 18.2 Å². The quantitative estimate of drug-likeness (QED) is 0.432. The highest BCUT2D eigenvalue weighted by atomic mass is 19.1. The summed E-state index contributed by atoms with van der Waals surface area (Å²) < 4.78 is 14.5. The molecular weight excluding hydrogens is 433 g/mol. The van der Waals surface area contributed by atoms with Crippen molar-refractivity contribution >= 4 is 23.5 Å². The fourth-order valence-electron chi connectivity index (χ4n) is 4.05. The first-order chi connectivity index (χ1) is 16.4. The van der Waals surface area contributed by atoms with Crippen molar-refractivity contribution in [3.05, 3.63) is 101 Å². The number of rotatable bonds is 6. The SMILES string of the molecule is C#Cc1ccc(NC(=O)[C@H]([C@@H](C)c2ccccc2)N2C(=O)N[C@H](c3ccccc3)C2=O)c(F)c1. The molecule has 6 nitrogen and oxygen atoms in total. The van der Waals surface area contributed by atoms with Gasteiger partial charge in [-0.3, -0.25) is 9.59 Å². The summed E-state index contributed by atoms with van der Waals surface area (Å²) in [5.74, 6) is -0.202. The van der Waals surface area contributed by atoms with Gasteiger partial charge < -0.3 is 10.6 Å². The van der Waals surface area contributed by atoms with Gasteiger partial charge in [-0.05, 0) is 29.3 Å². The van der Waals surface area contributed by atoms with Gasteiger partial charge >= 0.3 is 6.03 Å². The van der Waals surface area contributed by atoms with E-state index in [9.17, 15) is 18.8 Å². The Morgan fingerprint density at radius 2 is 1.71 bits per heavy atom. The van der Waals surface area contributed by atoms with Crippen molar-refractivity contribution in [1.29, 1.82) is 0 Å². The average molecular weight is 455 g/mol. The summed E-state index contributed by atoms with van der Waals surface area (Å²) in [4.78, 5) is 40.7. The van der Waals surface area contributed by atoms with Gasteiger partial charge in [-0.25, -0.2) is 14.1 Å². The number of urea groups is 1. The topological polar surface area (TPSA) is 78.5 Å². The van der Waals surface area contributed by atoms with Gasteiger partial charge in [-0.15, -0.1) is 6.42 Å². The molecule has 34 heavy (non-hydrogen) atoms. The van der Waals surface area contributed by atoms with Crippen LogP contribution in [0.15, 0.2) is 78.9 Å². The molecule has 1 aliphatic heterocycles. The van der Waals surface area contributed by atoms with Crippen LogP contribution in [0.4, 0.5) is 14.9 Å². The van der Waals surface area contributed by atoms with Gasteiger partial charge in [0, 0.05) is 11.5 Å². The summed E-state index contributed by atoms with van der Waals surface area (Å²) in [6.07, 6.45) is 5.30. The number of halogens is 1. The standard InChI is InChI=1S/C27H22FN3O3/c1-3-18-14-15-22(21(28)16-18)29-25(32)24(17(2)19-10-6-4-7-11-19)31-26(33)23(30-27(31)34)20-12-8-5-9-13-20/h1,4-17,23-24H,2H3,(H,29,32)(H,30,34)/t17-,23+,24-/m0/s1. The second kappa shape index (κ2) is 9.59. The number of amides is 4. The monoisotopic (exact) mass is 455 g/mol. The van der Waals surface area contributed by atoms with Gasteiger partial charge in [-0.1, -0.05) is 73.5 Å². The molecule has 3 aromatic rings. The predicted octanol–water partition coefficient (Wildman–Crippen LogP) is 4.21. The van der Waals surface area contributed by atoms with E-state index in [0.29, 0.717) is 11.1 Å². The summed E-state index contributed by atoms with van der Waals surface area (Å²) in [6.45, 7) is 1.74. The molecule has 0 aromatic heterocycles. The molecule has 170 valence electrons. The Bertz CT molecular complexity index is 1270. The van der Waals surface area contributed by atoms with Gasteiger partial charge in [0.05, 0.1) is 5.69 Å². The Hall–Kier alpha value is -4.44. The number of hydrogen-bond donors (Lipinski definition) is 2. The van der Waals surface area contributed by atoms with Crippen LogP contribution in [0.25, 0.3) is 0 Å². The lowest BCUT2D eigenvalue weighted by Crippen LogP contribution is -2.50. The summed E-state index contributed by atoms with van der Waals surface area (Å²) in [6, 6.07) is 19.0. The number of nitrogens with one attached hydrogen (secondary N) is 2. The molecule has 0 spiro atoms. The Balaban J connectivity index is 1.70. The van der Waals surface area contributed by atoms with Gasteiger partial charge in [0.15, 0.2) is 0 Å². The molecule has 0 aliphatic carbocycles. The molecule has 1 saturated heterocycles. The van der Waals surface area contributed by atoms with Crippen LogP contribution in [0.5, 0.6) is 0 Å². The third kappa shape index (κ3) is 4.39. The van der Waals surface area contributed by atoms with Gasteiger partial charge in [0.1, 0.15) is 17.9 Å². The molecule has 0 bridgehead atoms. The van der Waals surface area contributed by atoms with Crippen LogP contribution in [-0.4, -0.2) is 28.8 Å². The van der Waals surface area contributed by atoms with Crippen LogP contribution >= 0.6 is 0 Å². The van der Waals surface area contributed by atoms with Gasteiger partial charge in [0.2, 0.25) is 5.91 Å². The van der Waals surface area contributed by atoms with Crippen LogP contribution in [0.3, 0.4) is 0 Å². The molecule has 1 aliphatic rings. The number of benzene rings is 3. The minimum Gasteiger partial charge on any atom is -0.322 e. The molecule has 1 fully saturated rings. The summed E-state index contributed by atoms with van der Waals surface area (Å²) in [5.41, 5.74) is 1.57. The number of anilines is 1. The smallest absolute Gasteiger partial charge is 0.322 e. The fourth-order valence-corrected chi connectivity index (χ4v) is 4.05. The van der Waals surface area contributed by atoms with Crippen molar-refractivity contribution in [1.82, 2.24) is 10.2 Å². The average Bonchev–Trinajstić information content (AvgIpc) is 3.15. The number of carbonyl (C=O) groups excluding carboxylic acids is 3. The molecule has 7 heteroatoms. The van der Waals surface area contributed by atoms with E-state index in [4.69, 9.17) is 6.42 Å².